The molecule has 1 amide bonds. The zero-order valence-electron chi connectivity index (χ0n) is 12.5. The first-order valence-electron chi connectivity index (χ1n) is 7.21. The highest BCUT2D eigenvalue weighted by molar-refractivity contribution is 5.95. The van der Waals surface area contributed by atoms with Gasteiger partial charge in [0.05, 0.1) is 12.1 Å². The molecule has 1 aromatic rings. The van der Waals surface area contributed by atoms with Crippen molar-refractivity contribution in [3.05, 3.63) is 35.1 Å². The van der Waals surface area contributed by atoms with Crippen molar-refractivity contribution in [3.63, 3.8) is 0 Å². The molecule has 4 heteroatoms. The maximum atomic E-state index is 13.8. The molecule has 0 saturated heterocycles. The fourth-order valence-corrected chi connectivity index (χ4v) is 2.75. The Balaban J connectivity index is 2.12. The Bertz CT molecular complexity index is 599. The van der Waals surface area contributed by atoms with Crippen LogP contribution >= 0.6 is 0 Å². The predicted molar refractivity (Wildman–Crippen MR) is 81.2 cm³/mol. The quantitative estimate of drug-likeness (QED) is 0.821. The highest BCUT2D eigenvalue weighted by Crippen LogP contribution is 2.37. The van der Waals surface area contributed by atoms with Crippen molar-refractivity contribution in [1.29, 1.82) is 0 Å². The third-order valence-electron chi connectivity index (χ3n) is 3.85. The van der Waals surface area contributed by atoms with Crippen LogP contribution in [0.25, 0.3) is 0 Å². The molecule has 0 aromatic heterocycles. The Morgan fingerprint density at radius 3 is 2.90 bits per heavy atom. The van der Waals surface area contributed by atoms with E-state index in [1.807, 2.05) is 0 Å². The Morgan fingerprint density at radius 1 is 1.52 bits per heavy atom. The lowest BCUT2D eigenvalue weighted by atomic mass is 9.92. The van der Waals surface area contributed by atoms with Crippen molar-refractivity contribution < 1.29 is 9.18 Å². The van der Waals surface area contributed by atoms with E-state index >= 15 is 0 Å². The first-order valence-corrected chi connectivity index (χ1v) is 7.21. The van der Waals surface area contributed by atoms with Gasteiger partial charge in [0.25, 0.3) is 5.91 Å². The molecule has 1 aliphatic carbocycles. The van der Waals surface area contributed by atoms with E-state index in [0.29, 0.717) is 5.56 Å². The lowest BCUT2D eigenvalue weighted by Crippen LogP contribution is -2.34. The molecule has 0 radical (unpaired) electrons. The van der Waals surface area contributed by atoms with Gasteiger partial charge < -0.3 is 11.1 Å². The molecule has 1 atom stereocenters. The van der Waals surface area contributed by atoms with Crippen molar-refractivity contribution in [2.75, 3.05) is 6.54 Å². The summed E-state index contributed by atoms with van der Waals surface area (Å²) in [4.78, 5) is 12.2. The number of hydrogen-bond donors (Lipinski definition) is 2. The highest BCUT2D eigenvalue weighted by atomic mass is 19.1. The Hall–Kier alpha value is -1.86. The number of hydrogen-bond acceptors (Lipinski definition) is 2. The summed E-state index contributed by atoms with van der Waals surface area (Å²) in [5, 5.41) is 2.92. The van der Waals surface area contributed by atoms with Gasteiger partial charge in [-0.25, -0.2) is 4.39 Å². The van der Waals surface area contributed by atoms with Crippen molar-refractivity contribution in [1.82, 2.24) is 5.32 Å². The van der Waals surface area contributed by atoms with Gasteiger partial charge in [0.1, 0.15) is 5.82 Å². The van der Waals surface area contributed by atoms with Gasteiger partial charge in [-0.05, 0) is 42.9 Å². The molecule has 21 heavy (non-hydrogen) atoms. The summed E-state index contributed by atoms with van der Waals surface area (Å²) < 4.78 is 13.8. The van der Waals surface area contributed by atoms with E-state index in [4.69, 9.17) is 5.73 Å². The minimum Gasteiger partial charge on any atom is -0.349 e. The topological polar surface area (TPSA) is 55.1 Å². The summed E-state index contributed by atoms with van der Waals surface area (Å²) in [6, 6.07) is 4.42. The van der Waals surface area contributed by atoms with Crippen molar-refractivity contribution >= 4 is 5.91 Å². The third-order valence-corrected chi connectivity index (χ3v) is 3.85. The molecule has 0 spiro atoms. The second-order valence-corrected chi connectivity index (χ2v) is 6.28. The fraction of sp³-hybridized carbons (Fsp3) is 0.471. The summed E-state index contributed by atoms with van der Waals surface area (Å²) in [6.07, 6.45) is 2.93. The molecule has 1 saturated carbocycles. The normalized spacial score (nSPS) is 19.7. The largest absolute Gasteiger partial charge is 0.349 e. The zero-order chi connectivity index (χ0) is 15.5. The smallest absolute Gasteiger partial charge is 0.254 e. The third kappa shape index (κ3) is 4.05. The maximum absolute atomic E-state index is 13.8. The number of rotatable bonds is 2. The van der Waals surface area contributed by atoms with Gasteiger partial charge in [0.15, 0.2) is 0 Å². The summed E-state index contributed by atoms with van der Waals surface area (Å²) in [6.45, 7) is 4.60. The first-order chi connectivity index (χ1) is 9.91. The van der Waals surface area contributed by atoms with E-state index in [-0.39, 0.29) is 29.5 Å². The molecule has 2 rings (SSSR count). The van der Waals surface area contributed by atoms with Crippen LogP contribution in [0.2, 0.25) is 0 Å². The van der Waals surface area contributed by atoms with E-state index in [0.717, 1.165) is 19.3 Å². The van der Waals surface area contributed by atoms with Crippen LogP contribution in [0.1, 0.15) is 49.0 Å². The van der Waals surface area contributed by atoms with Crippen LogP contribution in [0.3, 0.4) is 0 Å². The molecule has 0 aliphatic heterocycles. The van der Waals surface area contributed by atoms with Gasteiger partial charge in [0, 0.05) is 11.6 Å². The minimum absolute atomic E-state index is 0.0449. The van der Waals surface area contributed by atoms with E-state index in [1.54, 1.807) is 6.07 Å². The molecule has 0 bridgehead atoms. The van der Waals surface area contributed by atoms with Gasteiger partial charge in [-0.1, -0.05) is 25.7 Å². The van der Waals surface area contributed by atoms with Crippen LogP contribution in [-0.2, 0) is 0 Å². The molecule has 1 fully saturated rings. The number of amides is 1. The number of nitrogens with one attached hydrogen (secondary N) is 1. The summed E-state index contributed by atoms with van der Waals surface area (Å²) in [5.74, 6) is 4.62. The Kier molecular flexibility index (Phi) is 4.64. The predicted octanol–water partition coefficient (Wildman–Crippen LogP) is 2.44. The van der Waals surface area contributed by atoms with Crippen molar-refractivity contribution in [3.8, 4) is 11.8 Å². The maximum Gasteiger partial charge on any atom is 0.254 e. The zero-order valence-corrected chi connectivity index (χ0v) is 12.5. The monoisotopic (exact) mass is 288 g/mol. The molecule has 3 nitrogen and oxygen atoms in total. The van der Waals surface area contributed by atoms with Crippen LogP contribution in [0.5, 0.6) is 0 Å². The number of nitrogens with two attached hydrogens (primary N) is 1. The second-order valence-electron chi connectivity index (χ2n) is 6.28. The lowest BCUT2D eigenvalue weighted by molar-refractivity contribution is 0.0932. The van der Waals surface area contributed by atoms with E-state index in [9.17, 15) is 9.18 Å². The van der Waals surface area contributed by atoms with Gasteiger partial charge in [0.2, 0.25) is 0 Å². The standard InChI is InChI=1S/C17H21FN2O/c1-17(2)8-7-13(11-17)20-16(21)14-10-12(4-3-9-19)5-6-15(14)18/h5-6,10,13H,7-9,11,19H2,1-2H3,(H,20,21). The number of carbonyl (C=O) groups excluding carboxylic acids is 1. The fourth-order valence-electron chi connectivity index (χ4n) is 2.75. The van der Waals surface area contributed by atoms with Gasteiger partial charge >= 0.3 is 0 Å². The van der Waals surface area contributed by atoms with E-state index < -0.39 is 5.82 Å². The Morgan fingerprint density at radius 2 is 2.29 bits per heavy atom. The van der Waals surface area contributed by atoms with Gasteiger partial charge in [-0.3, -0.25) is 4.79 Å². The number of carbonyl (C=O) groups is 1. The lowest BCUT2D eigenvalue weighted by Gasteiger charge is -2.18. The van der Waals surface area contributed by atoms with E-state index in [1.165, 1.54) is 12.1 Å². The van der Waals surface area contributed by atoms with Crippen LogP contribution in [0.15, 0.2) is 18.2 Å². The molecule has 112 valence electrons. The van der Waals surface area contributed by atoms with Crippen molar-refractivity contribution in [2.24, 2.45) is 11.1 Å². The average molecular weight is 288 g/mol. The van der Waals surface area contributed by atoms with Crippen LogP contribution in [-0.4, -0.2) is 18.5 Å². The number of benzene rings is 1. The summed E-state index contributed by atoms with van der Waals surface area (Å²) >= 11 is 0. The van der Waals surface area contributed by atoms with E-state index in [2.05, 4.69) is 31.0 Å². The first kappa shape index (κ1) is 15.5. The Labute approximate surface area is 125 Å². The molecule has 1 unspecified atom stereocenters. The summed E-state index contributed by atoms with van der Waals surface area (Å²) in [7, 11) is 0. The molecular weight excluding hydrogens is 267 g/mol. The highest BCUT2D eigenvalue weighted by Gasteiger charge is 2.32. The molecule has 1 aliphatic rings. The number of halogens is 1. The molecular formula is C17H21FN2O. The summed E-state index contributed by atoms with van der Waals surface area (Å²) in [5.41, 5.74) is 6.19. The van der Waals surface area contributed by atoms with Crippen molar-refractivity contribution in [2.45, 2.75) is 39.2 Å². The van der Waals surface area contributed by atoms with Gasteiger partial charge in [-0.15, -0.1) is 0 Å². The van der Waals surface area contributed by atoms with Gasteiger partial charge in [-0.2, -0.15) is 0 Å². The molecule has 3 N–H and O–H groups in total. The second kappa shape index (κ2) is 6.28. The van der Waals surface area contributed by atoms with Crippen LogP contribution in [0.4, 0.5) is 4.39 Å². The average Bonchev–Trinajstić information content (AvgIpc) is 2.76. The SMILES string of the molecule is CC1(C)CCC(NC(=O)c2cc(C#CCN)ccc2F)C1. The van der Waals surface area contributed by atoms with Crippen LogP contribution < -0.4 is 11.1 Å². The van der Waals surface area contributed by atoms with Crippen LogP contribution in [0, 0.1) is 23.1 Å². The molecule has 0 heterocycles. The molecule has 1 aromatic carbocycles. The minimum atomic E-state index is -0.525.